The molecular formula is C24H20N2O5. The van der Waals surface area contributed by atoms with Crippen LogP contribution in [0.25, 0.3) is 22.3 Å². The van der Waals surface area contributed by atoms with E-state index < -0.39 is 11.6 Å². The molecule has 2 N–H and O–H groups in total. The topological polar surface area (TPSA) is 102 Å². The highest BCUT2D eigenvalue weighted by Crippen LogP contribution is 2.39. The number of hydrogen-bond acceptors (Lipinski definition) is 6. The number of carbonyl (C=O) groups excluding carboxylic acids is 1. The molecule has 0 fully saturated rings. The van der Waals surface area contributed by atoms with Gasteiger partial charge in [0, 0.05) is 28.5 Å². The highest BCUT2D eigenvalue weighted by molar-refractivity contribution is 5.91. The van der Waals surface area contributed by atoms with Crippen molar-refractivity contribution >= 4 is 16.9 Å². The molecule has 2 aromatic heterocycles. The predicted octanol–water partition coefficient (Wildman–Crippen LogP) is 1.81. The molecule has 5 rings (SSSR count). The van der Waals surface area contributed by atoms with Crippen molar-refractivity contribution in [2.75, 3.05) is 6.61 Å². The lowest BCUT2D eigenvalue weighted by Gasteiger charge is -2.31. The van der Waals surface area contributed by atoms with Gasteiger partial charge in [0.2, 0.25) is 0 Å². The first kappa shape index (κ1) is 19.5. The average molecular weight is 416 g/mol. The van der Waals surface area contributed by atoms with E-state index in [4.69, 9.17) is 14.8 Å². The molecule has 0 saturated heterocycles. The van der Waals surface area contributed by atoms with E-state index in [1.165, 1.54) is 0 Å². The summed E-state index contributed by atoms with van der Waals surface area (Å²) in [6.07, 6.45) is 0.438. The van der Waals surface area contributed by atoms with Gasteiger partial charge in [-0.25, -0.2) is 9.78 Å². The van der Waals surface area contributed by atoms with Crippen LogP contribution in [0.1, 0.15) is 42.0 Å². The molecule has 0 saturated carbocycles. The van der Waals surface area contributed by atoms with E-state index >= 15 is 0 Å². The van der Waals surface area contributed by atoms with Crippen molar-refractivity contribution in [2.45, 2.75) is 38.5 Å². The molecule has 0 aliphatic carbocycles. The Labute approximate surface area is 177 Å². The molecule has 0 amide bonds. The number of pyridine rings is 2. The Balaban J connectivity index is 1.81. The van der Waals surface area contributed by atoms with Gasteiger partial charge in [-0.2, -0.15) is 0 Å². The molecule has 0 radical (unpaired) electrons. The Morgan fingerprint density at radius 3 is 2.84 bits per heavy atom. The lowest BCUT2D eigenvalue weighted by atomic mass is 9.86. The zero-order chi connectivity index (χ0) is 21.8. The quantitative estimate of drug-likeness (QED) is 0.382. The van der Waals surface area contributed by atoms with Crippen LogP contribution in [-0.2, 0) is 28.3 Å². The summed E-state index contributed by atoms with van der Waals surface area (Å²) in [6, 6.07) is 9.30. The fourth-order valence-electron chi connectivity index (χ4n) is 4.38. The first-order valence-electron chi connectivity index (χ1n) is 10.2. The smallest absolute Gasteiger partial charge is 0.343 e. The second-order valence-electron chi connectivity index (χ2n) is 7.71. The van der Waals surface area contributed by atoms with Gasteiger partial charge >= 0.3 is 5.97 Å². The fraction of sp³-hybridized carbons (Fsp3) is 0.292. The number of esters is 1. The number of cyclic esters (lactones) is 1. The number of ether oxygens (including phenoxy) is 1. The fourth-order valence-corrected chi connectivity index (χ4v) is 4.38. The molecule has 0 bridgehead atoms. The molecule has 7 nitrogen and oxygen atoms in total. The van der Waals surface area contributed by atoms with Crippen molar-refractivity contribution in [1.82, 2.24) is 9.55 Å². The van der Waals surface area contributed by atoms with Crippen molar-refractivity contribution in [3.63, 3.8) is 0 Å². The summed E-state index contributed by atoms with van der Waals surface area (Å²) in [5.41, 5.74) is 1.91. The molecular weight excluding hydrogens is 396 g/mol. The zero-order valence-corrected chi connectivity index (χ0v) is 16.9. The van der Waals surface area contributed by atoms with Gasteiger partial charge in [0.05, 0.1) is 35.6 Å². The number of aliphatic hydroxyl groups is 2. The number of fused-ring (bicyclic) bond motifs is 5. The lowest BCUT2D eigenvalue weighted by Crippen LogP contribution is -2.44. The van der Waals surface area contributed by atoms with Crippen LogP contribution in [-0.4, -0.2) is 32.3 Å². The Kier molecular flexibility index (Phi) is 4.43. The summed E-state index contributed by atoms with van der Waals surface area (Å²) in [5, 5.41) is 21.0. The van der Waals surface area contributed by atoms with Crippen LogP contribution >= 0.6 is 0 Å². The second-order valence-corrected chi connectivity index (χ2v) is 7.71. The largest absolute Gasteiger partial charge is 0.458 e. The van der Waals surface area contributed by atoms with Crippen molar-refractivity contribution in [3.8, 4) is 23.2 Å². The number of benzene rings is 1. The molecule has 7 heteroatoms. The van der Waals surface area contributed by atoms with Gasteiger partial charge in [-0.1, -0.05) is 37.0 Å². The number of carbonyl (C=O) groups is 1. The van der Waals surface area contributed by atoms with E-state index in [2.05, 4.69) is 11.8 Å². The van der Waals surface area contributed by atoms with E-state index in [0.717, 1.165) is 22.0 Å². The van der Waals surface area contributed by atoms with Gasteiger partial charge in [-0.05, 0) is 18.6 Å². The second kappa shape index (κ2) is 7.05. The maximum atomic E-state index is 13.3. The van der Waals surface area contributed by atoms with Crippen LogP contribution in [0, 0.1) is 11.8 Å². The number of nitrogens with zero attached hydrogens (tertiary/aromatic N) is 2. The molecule has 156 valence electrons. The zero-order valence-electron chi connectivity index (χ0n) is 16.9. The number of hydrogen-bond donors (Lipinski definition) is 2. The number of para-hydroxylation sites is 1. The van der Waals surface area contributed by atoms with Crippen LogP contribution in [0.5, 0.6) is 0 Å². The number of rotatable bonds is 2. The molecule has 1 aromatic carbocycles. The van der Waals surface area contributed by atoms with Crippen LogP contribution in [0.4, 0.5) is 0 Å². The predicted molar refractivity (Wildman–Crippen MR) is 113 cm³/mol. The highest BCUT2D eigenvalue weighted by atomic mass is 16.6. The van der Waals surface area contributed by atoms with Crippen LogP contribution in [0.3, 0.4) is 0 Å². The van der Waals surface area contributed by atoms with E-state index in [0.29, 0.717) is 23.4 Å². The van der Waals surface area contributed by atoms with Gasteiger partial charge in [-0.3, -0.25) is 4.79 Å². The summed E-state index contributed by atoms with van der Waals surface area (Å²) in [7, 11) is 0. The standard InChI is InChI=1S/C24H20N2O5/c1-2-24(30)18-11-20-21-16(12-26(20)22(28)17(18)13-31-23(24)29)14(7-5-6-10-27)15-8-3-4-9-19(15)25-21/h3-4,8-9,11,27,30H,2,6,10,12-13H2,1H3/t24-/m0/s1. The Morgan fingerprint density at radius 1 is 1.26 bits per heavy atom. The Bertz CT molecular complexity index is 1380. The van der Waals surface area contributed by atoms with E-state index in [-0.39, 0.29) is 37.3 Å². The SMILES string of the molecule is CC[C@@]1(O)C(=O)OCc2c1cc1n(c2=O)Cc2c-1nc1ccccc1c2C#CCCO. The number of aromatic nitrogens is 2. The normalized spacial score (nSPS) is 18.6. The molecule has 31 heavy (non-hydrogen) atoms. The minimum atomic E-state index is -1.86. The lowest BCUT2D eigenvalue weighted by molar-refractivity contribution is -0.172. The molecule has 2 aliphatic heterocycles. The Morgan fingerprint density at radius 2 is 2.06 bits per heavy atom. The first-order chi connectivity index (χ1) is 15.0. The molecule has 0 spiro atoms. The molecule has 4 heterocycles. The van der Waals surface area contributed by atoms with E-state index in [1.807, 2.05) is 24.3 Å². The summed E-state index contributed by atoms with van der Waals surface area (Å²) in [5.74, 6) is 5.39. The van der Waals surface area contributed by atoms with Crippen LogP contribution in [0.15, 0.2) is 35.1 Å². The highest BCUT2D eigenvalue weighted by Gasteiger charge is 2.45. The Hall–Kier alpha value is -3.47. The van der Waals surface area contributed by atoms with Gasteiger partial charge in [0.25, 0.3) is 5.56 Å². The van der Waals surface area contributed by atoms with Crippen molar-refractivity contribution < 1.29 is 19.7 Å². The molecule has 2 aliphatic rings. The first-order valence-corrected chi connectivity index (χ1v) is 10.2. The van der Waals surface area contributed by atoms with Crippen LogP contribution < -0.4 is 5.56 Å². The minimum absolute atomic E-state index is 0.0335. The van der Waals surface area contributed by atoms with Gasteiger partial charge < -0.3 is 19.5 Å². The van der Waals surface area contributed by atoms with Gasteiger partial charge in [-0.15, -0.1) is 0 Å². The van der Waals surface area contributed by atoms with Crippen LogP contribution in [0.2, 0.25) is 0 Å². The van der Waals surface area contributed by atoms with Gasteiger partial charge in [0.1, 0.15) is 6.61 Å². The molecule has 1 atom stereocenters. The molecule has 3 aromatic rings. The minimum Gasteiger partial charge on any atom is -0.458 e. The third-order valence-corrected chi connectivity index (χ3v) is 6.05. The summed E-state index contributed by atoms with van der Waals surface area (Å²) in [6.45, 7) is 1.77. The van der Waals surface area contributed by atoms with Crippen molar-refractivity contribution in [3.05, 3.63) is 62.9 Å². The third kappa shape index (κ3) is 2.73. The monoisotopic (exact) mass is 416 g/mol. The molecule has 0 unspecified atom stereocenters. The summed E-state index contributed by atoms with van der Waals surface area (Å²) < 4.78 is 6.72. The summed E-state index contributed by atoms with van der Waals surface area (Å²) >= 11 is 0. The van der Waals surface area contributed by atoms with E-state index in [1.54, 1.807) is 17.6 Å². The number of aliphatic hydroxyl groups excluding tert-OH is 1. The van der Waals surface area contributed by atoms with Crippen molar-refractivity contribution in [2.24, 2.45) is 0 Å². The maximum absolute atomic E-state index is 13.3. The third-order valence-electron chi connectivity index (χ3n) is 6.05. The van der Waals surface area contributed by atoms with Crippen molar-refractivity contribution in [1.29, 1.82) is 0 Å². The maximum Gasteiger partial charge on any atom is 0.343 e. The summed E-state index contributed by atoms with van der Waals surface area (Å²) in [4.78, 5) is 30.4. The van der Waals surface area contributed by atoms with Gasteiger partial charge in [0.15, 0.2) is 5.60 Å². The average Bonchev–Trinajstić information content (AvgIpc) is 3.15. The van der Waals surface area contributed by atoms with E-state index in [9.17, 15) is 14.7 Å².